The molecule has 0 bridgehead atoms. The van der Waals surface area contributed by atoms with E-state index in [0.717, 1.165) is 10.1 Å². The van der Waals surface area contributed by atoms with Crippen LogP contribution in [0.2, 0.25) is 5.02 Å². The highest BCUT2D eigenvalue weighted by Crippen LogP contribution is 2.15. The van der Waals surface area contributed by atoms with E-state index in [4.69, 9.17) is 17.3 Å². The summed E-state index contributed by atoms with van der Waals surface area (Å²) in [5, 5.41) is 0.589. The Morgan fingerprint density at radius 2 is 1.89 bits per heavy atom. The van der Waals surface area contributed by atoms with E-state index >= 15 is 0 Å². The zero-order valence-electron chi connectivity index (χ0n) is 10.3. The van der Waals surface area contributed by atoms with Crippen LogP contribution in [-0.4, -0.2) is 15.7 Å². The van der Waals surface area contributed by atoms with Gasteiger partial charge in [0.25, 0.3) is 5.56 Å². The number of rotatable bonds is 4. The summed E-state index contributed by atoms with van der Waals surface area (Å²) in [6.45, 7) is 0.773. The largest absolute Gasteiger partial charge is 0.331 e. The Kier molecular flexibility index (Phi) is 4.19. The molecule has 100 valence electrons. The molecule has 0 aliphatic rings. The van der Waals surface area contributed by atoms with Crippen molar-refractivity contribution in [2.24, 2.45) is 5.73 Å². The molecule has 0 amide bonds. The van der Waals surface area contributed by atoms with Crippen molar-refractivity contribution in [3.05, 3.63) is 68.0 Å². The molecule has 1 heterocycles. The van der Waals surface area contributed by atoms with Crippen molar-refractivity contribution in [1.82, 2.24) is 9.13 Å². The number of aromatic nitrogens is 2. The van der Waals surface area contributed by atoms with Gasteiger partial charge in [0.2, 0.25) is 0 Å². The van der Waals surface area contributed by atoms with E-state index in [1.54, 1.807) is 6.07 Å². The van der Waals surface area contributed by atoms with Crippen LogP contribution < -0.4 is 17.0 Å². The van der Waals surface area contributed by atoms with E-state index in [-0.39, 0.29) is 24.3 Å². The number of halogens is 1. The molecule has 6 heteroatoms. The smallest absolute Gasteiger partial charge is 0.329 e. The molecule has 1 aromatic carbocycles. The SMILES string of the molecule is NCCn1c(=O)ccn(Cc2ccccc2Cl)c1=O. The van der Waals surface area contributed by atoms with Gasteiger partial charge in [0.05, 0.1) is 6.54 Å². The maximum absolute atomic E-state index is 12.1. The third-order valence-electron chi connectivity index (χ3n) is 2.79. The average Bonchev–Trinajstić information content (AvgIpc) is 2.40. The summed E-state index contributed by atoms with van der Waals surface area (Å²) < 4.78 is 2.56. The van der Waals surface area contributed by atoms with Crippen LogP contribution in [0.25, 0.3) is 0 Å². The predicted octanol–water partition coefficient (Wildman–Crippen LogP) is 0.670. The van der Waals surface area contributed by atoms with Crippen molar-refractivity contribution in [2.45, 2.75) is 13.1 Å². The lowest BCUT2D eigenvalue weighted by Crippen LogP contribution is -2.40. The highest BCUT2D eigenvalue weighted by atomic mass is 35.5. The summed E-state index contributed by atoms with van der Waals surface area (Å²) in [5.74, 6) is 0. The van der Waals surface area contributed by atoms with E-state index in [1.807, 2.05) is 18.2 Å². The minimum atomic E-state index is -0.377. The van der Waals surface area contributed by atoms with Crippen LogP contribution in [0, 0.1) is 0 Å². The molecule has 2 aromatic rings. The van der Waals surface area contributed by atoms with Gasteiger partial charge >= 0.3 is 5.69 Å². The standard InChI is InChI=1S/C13H14ClN3O2/c14-11-4-2-1-3-10(11)9-16-7-5-12(18)17(8-6-15)13(16)19/h1-5,7H,6,8-9,15H2. The lowest BCUT2D eigenvalue weighted by atomic mass is 10.2. The Balaban J connectivity index is 2.42. The van der Waals surface area contributed by atoms with Crippen molar-refractivity contribution >= 4 is 11.6 Å². The van der Waals surface area contributed by atoms with Crippen molar-refractivity contribution in [2.75, 3.05) is 6.54 Å². The van der Waals surface area contributed by atoms with Crippen molar-refractivity contribution < 1.29 is 0 Å². The van der Waals surface area contributed by atoms with Gasteiger partial charge in [-0.2, -0.15) is 0 Å². The number of hydrogen-bond donors (Lipinski definition) is 1. The highest BCUT2D eigenvalue weighted by Gasteiger charge is 2.06. The van der Waals surface area contributed by atoms with Crippen molar-refractivity contribution in [3.63, 3.8) is 0 Å². The number of benzene rings is 1. The molecule has 0 atom stereocenters. The van der Waals surface area contributed by atoms with Crippen LogP contribution in [-0.2, 0) is 13.1 Å². The van der Waals surface area contributed by atoms with Crippen LogP contribution in [0.4, 0.5) is 0 Å². The van der Waals surface area contributed by atoms with E-state index in [1.165, 1.54) is 16.8 Å². The van der Waals surface area contributed by atoms with Crippen LogP contribution in [0.3, 0.4) is 0 Å². The fourth-order valence-corrected chi connectivity index (χ4v) is 2.02. The monoisotopic (exact) mass is 279 g/mol. The Hall–Kier alpha value is -1.85. The number of hydrogen-bond acceptors (Lipinski definition) is 3. The second-order valence-corrected chi connectivity index (χ2v) is 4.50. The minimum Gasteiger partial charge on any atom is -0.329 e. The quantitative estimate of drug-likeness (QED) is 0.894. The van der Waals surface area contributed by atoms with Gasteiger partial charge < -0.3 is 5.73 Å². The molecule has 0 saturated heterocycles. The van der Waals surface area contributed by atoms with E-state index in [0.29, 0.717) is 11.6 Å². The Morgan fingerprint density at radius 1 is 1.16 bits per heavy atom. The molecule has 19 heavy (non-hydrogen) atoms. The summed E-state index contributed by atoms with van der Waals surface area (Å²) in [4.78, 5) is 23.7. The highest BCUT2D eigenvalue weighted by molar-refractivity contribution is 6.31. The van der Waals surface area contributed by atoms with Gasteiger partial charge in [-0.05, 0) is 11.6 Å². The normalized spacial score (nSPS) is 10.6. The molecule has 0 unspecified atom stereocenters. The van der Waals surface area contributed by atoms with Crippen LogP contribution >= 0.6 is 11.6 Å². The molecular weight excluding hydrogens is 266 g/mol. The van der Waals surface area contributed by atoms with E-state index in [2.05, 4.69) is 0 Å². The fourth-order valence-electron chi connectivity index (χ4n) is 1.82. The molecule has 0 saturated carbocycles. The first-order valence-corrected chi connectivity index (χ1v) is 6.25. The van der Waals surface area contributed by atoms with Gasteiger partial charge in [-0.3, -0.25) is 13.9 Å². The molecule has 0 spiro atoms. The first-order valence-electron chi connectivity index (χ1n) is 5.87. The van der Waals surface area contributed by atoms with Crippen LogP contribution in [0.5, 0.6) is 0 Å². The zero-order chi connectivity index (χ0) is 13.8. The van der Waals surface area contributed by atoms with Crippen LogP contribution in [0.15, 0.2) is 46.1 Å². The summed E-state index contributed by atoms with van der Waals surface area (Å²) in [6.07, 6.45) is 1.47. The van der Waals surface area contributed by atoms with E-state index < -0.39 is 0 Å². The van der Waals surface area contributed by atoms with Crippen LogP contribution in [0.1, 0.15) is 5.56 Å². The lowest BCUT2D eigenvalue weighted by molar-refractivity contribution is 0.579. The maximum Gasteiger partial charge on any atom is 0.331 e. The zero-order valence-corrected chi connectivity index (χ0v) is 11.0. The summed E-state index contributed by atoms with van der Waals surface area (Å²) in [5.41, 5.74) is 5.50. The molecule has 2 N–H and O–H groups in total. The van der Waals surface area contributed by atoms with Gasteiger partial charge in [0, 0.05) is 30.4 Å². The molecule has 2 rings (SSSR count). The molecule has 5 nitrogen and oxygen atoms in total. The van der Waals surface area contributed by atoms with Crippen molar-refractivity contribution in [3.8, 4) is 0 Å². The number of nitrogens with zero attached hydrogens (tertiary/aromatic N) is 2. The second-order valence-electron chi connectivity index (χ2n) is 4.10. The minimum absolute atomic E-state index is 0.209. The van der Waals surface area contributed by atoms with Gasteiger partial charge in [0.15, 0.2) is 0 Å². The summed E-state index contributed by atoms with van der Waals surface area (Å²) >= 11 is 6.05. The topological polar surface area (TPSA) is 70.0 Å². The Labute approximate surface area is 114 Å². The summed E-state index contributed by atoms with van der Waals surface area (Å²) in [7, 11) is 0. The molecule has 0 aliphatic heterocycles. The van der Waals surface area contributed by atoms with E-state index in [9.17, 15) is 9.59 Å². The average molecular weight is 280 g/mol. The molecule has 0 fully saturated rings. The predicted molar refractivity (Wildman–Crippen MR) is 74.6 cm³/mol. The summed E-state index contributed by atoms with van der Waals surface area (Å²) in [6, 6.07) is 8.63. The molecular formula is C13H14ClN3O2. The number of nitrogens with two attached hydrogens (primary N) is 1. The lowest BCUT2D eigenvalue weighted by Gasteiger charge is -2.10. The molecule has 0 radical (unpaired) electrons. The first-order chi connectivity index (χ1) is 9.13. The third-order valence-corrected chi connectivity index (χ3v) is 3.16. The maximum atomic E-state index is 12.1. The van der Waals surface area contributed by atoms with Gasteiger partial charge in [-0.15, -0.1) is 0 Å². The Morgan fingerprint density at radius 3 is 2.58 bits per heavy atom. The van der Waals surface area contributed by atoms with Gasteiger partial charge in [-0.25, -0.2) is 4.79 Å². The third kappa shape index (κ3) is 2.94. The fraction of sp³-hybridized carbons (Fsp3) is 0.231. The van der Waals surface area contributed by atoms with Crippen molar-refractivity contribution in [1.29, 1.82) is 0 Å². The van der Waals surface area contributed by atoms with Gasteiger partial charge in [-0.1, -0.05) is 29.8 Å². The second kappa shape index (κ2) is 5.86. The first kappa shape index (κ1) is 13.6. The van der Waals surface area contributed by atoms with Gasteiger partial charge in [0.1, 0.15) is 0 Å². The molecule has 1 aromatic heterocycles. The Bertz CT molecular complexity index is 691. The molecule has 0 aliphatic carbocycles.